The minimum absolute atomic E-state index is 0.317. The molecule has 5 heteroatoms. The molecule has 0 aliphatic carbocycles. The molecule has 2 heterocycles. The van der Waals surface area contributed by atoms with E-state index in [1.165, 1.54) is 33.9 Å². The van der Waals surface area contributed by atoms with Crippen molar-refractivity contribution in [1.82, 2.24) is 9.97 Å². The summed E-state index contributed by atoms with van der Waals surface area (Å²) in [6, 6.07) is 8.75. The fourth-order valence-electron chi connectivity index (χ4n) is 0.893. The molecule has 0 saturated heterocycles. The van der Waals surface area contributed by atoms with Gasteiger partial charge in [-0.1, -0.05) is 6.07 Å². The molecule has 0 unspecified atom stereocenters. The van der Waals surface area contributed by atoms with Gasteiger partial charge in [-0.2, -0.15) is 0 Å². The number of nitrogens with zero attached hydrogens (tertiary/aromatic N) is 2. The molecule has 76 valence electrons. The molecule has 0 saturated carbocycles. The van der Waals surface area contributed by atoms with Crippen LogP contribution in [0.1, 0.15) is 0 Å². The summed E-state index contributed by atoms with van der Waals surface area (Å²) in [5.41, 5.74) is 0. The van der Waals surface area contributed by atoms with Crippen LogP contribution in [0.15, 0.2) is 52.8 Å². The topological polar surface area (TPSA) is 25.8 Å². The summed E-state index contributed by atoms with van der Waals surface area (Å²) in [6.45, 7) is 0. The molecule has 0 N–H and O–H groups in total. The van der Waals surface area contributed by atoms with Crippen molar-refractivity contribution >= 4 is 21.6 Å². The molecular formula is C10H7FN2S2. The van der Waals surface area contributed by atoms with Crippen LogP contribution in [0.2, 0.25) is 0 Å². The van der Waals surface area contributed by atoms with Gasteiger partial charge in [-0.15, -0.1) is 0 Å². The lowest BCUT2D eigenvalue weighted by molar-refractivity contribution is 0.618. The lowest BCUT2D eigenvalue weighted by Gasteiger charge is -1.98. The van der Waals surface area contributed by atoms with E-state index < -0.39 is 0 Å². The van der Waals surface area contributed by atoms with E-state index in [0.29, 0.717) is 0 Å². The molecule has 2 rings (SSSR count). The number of rotatable bonds is 3. The van der Waals surface area contributed by atoms with Crippen LogP contribution in [0.4, 0.5) is 4.39 Å². The third kappa shape index (κ3) is 3.21. The maximum absolute atomic E-state index is 12.6. The van der Waals surface area contributed by atoms with Crippen LogP contribution < -0.4 is 0 Å². The lowest BCUT2D eigenvalue weighted by atomic mass is 10.5. The highest BCUT2D eigenvalue weighted by Crippen LogP contribution is 2.34. The fraction of sp³-hybridized carbons (Fsp3) is 0. The van der Waals surface area contributed by atoms with Crippen LogP contribution in [0.5, 0.6) is 0 Å². The van der Waals surface area contributed by atoms with Gasteiger partial charge in [0, 0.05) is 6.20 Å². The van der Waals surface area contributed by atoms with E-state index in [1.807, 2.05) is 18.2 Å². The van der Waals surface area contributed by atoms with E-state index >= 15 is 0 Å². The van der Waals surface area contributed by atoms with Crippen LogP contribution >= 0.6 is 21.6 Å². The average molecular weight is 238 g/mol. The van der Waals surface area contributed by atoms with E-state index in [4.69, 9.17) is 0 Å². The van der Waals surface area contributed by atoms with Gasteiger partial charge in [-0.3, -0.25) is 0 Å². The minimum atomic E-state index is -0.317. The zero-order valence-electron chi connectivity index (χ0n) is 7.63. The predicted octanol–water partition coefficient (Wildman–Crippen LogP) is 3.42. The summed E-state index contributed by atoms with van der Waals surface area (Å²) in [7, 11) is 2.96. The SMILES string of the molecule is Fc1ccc(SSc2ccccn2)nc1. The first-order valence-electron chi connectivity index (χ1n) is 4.22. The second-order valence-electron chi connectivity index (χ2n) is 2.65. The van der Waals surface area contributed by atoms with Gasteiger partial charge in [-0.25, -0.2) is 14.4 Å². The first-order chi connectivity index (χ1) is 7.34. The zero-order valence-corrected chi connectivity index (χ0v) is 9.26. The summed E-state index contributed by atoms with van der Waals surface area (Å²) in [4.78, 5) is 8.08. The van der Waals surface area contributed by atoms with Crippen LogP contribution in [0.3, 0.4) is 0 Å². The molecular weight excluding hydrogens is 231 g/mol. The third-order valence-electron chi connectivity index (χ3n) is 1.55. The molecule has 0 fully saturated rings. The van der Waals surface area contributed by atoms with Crippen molar-refractivity contribution in [3.8, 4) is 0 Å². The van der Waals surface area contributed by atoms with Gasteiger partial charge in [0.25, 0.3) is 0 Å². The second-order valence-corrected chi connectivity index (χ2v) is 4.82. The maximum Gasteiger partial charge on any atom is 0.141 e. The van der Waals surface area contributed by atoms with Gasteiger partial charge in [0.1, 0.15) is 15.9 Å². The minimum Gasteiger partial charge on any atom is -0.249 e. The van der Waals surface area contributed by atoms with E-state index in [9.17, 15) is 4.39 Å². The number of halogens is 1. The van der Waals surface area contributed by atoms with Gasteiger partial charge >= 0.3 is 0 Å². The summed E-state index contributed by atoms with van der Waals surface area (Å²) in [5, 5.41) is 1.68. The van der Waals surface area contributed by atoms with Crippen molar-refractivity contribution < 1.29 is 4.39 Å². The summed E-state index contributed by atoms with van der Waals surface area (Å²) in [5.74, 6) is -0.317. The monoisotopic (exact) mass is 238 g/mol. The highest BCUT2D eigenvalue weighted by molar-refractivity contribution is 8.76. The Kier molecular flexibility index (Phi) is 3.58. The Morgan fingerprint density at radius 3 is 2.33 bits per heavy atom. The third-order valence-corrected chi connectivity index (χ3v) is 3.73. The van der Waals surface area contributed by atoms with Crippen molar-refractivity contribution in [2.45, 2.75) is 10.1 Å². The Bertz CT molecular complexity index is 419. The van der Waals surface area contributed by atoms with Gasteiger partial charge < -0.3 is 0 Å². The molecule has 2 nitrogen and oxygen atoms in total. The van der Waals surface area contributed by atoms with Crippen LogP contribution in [0.25, 0.3) is 0 Å². The zero-order chi connectivity index (χ0) is 10.5. The molecule has 0 radical (unpaired) electrons. The van der Waals surface area contributed by atoms with Crippen LogP contribution in [-0.2, 0) is 0 Å². The average Bonchev–Trinajstić information content (AvgIpc) is 2.30. The standard InChI is InChI=1S/C10H7FN2S2/c11-8-4-5-10(13-7-8)15-14-9-3-1-2-6-12-9/h1-7H. The first-order valence-corrected chi connectivity index (χ1v) is 6.37. The number of pyridine rings is 2. The Hall–Kier alpha value is -1.07. The van der Waals surface area contributed by atoms with Gasteiger partial charge in [-0.05, 0) is 45.9 Å². The largest absolute Gasteiger partial charge is 0.249 e. The molecule has 2 aromatic heterocycles. The summed E-state index contributed by atoms with van der Waals surface area (Å²) >= 11 is 0. The molecule has 0 aliphatic rings. The van der Waals surface area contributed by atoms with Gasteiger partial charge in [0.15, 0.2) is 0 Å². The van der Waals surface area contributed by atoms with E-state index in [1.54, 1.807) is 12.3 Å². The maximum atomic E-state index is 12.6. The second kappa shape index (κ2) is 5.14. The van der Waals surface area contributed by atoms with Crippen LogP contribution in [-0.4, -0.2) is 9.97 Å². The quantitative estimate of drug-likeness (QED) is 0.765. The van der Waals surface area contributed by atoms with Crippen molar-refractivity contribution in [2.24, 2.45) is 0 Å². The Morgan fingerprint density at radius 1 is 0.933 bits per heavy atom. The van der Waals surface area contributed by atoms with Gasteiger partial charge in [0.2, 0.25) is 0 Å². The highest BCUT2D eigenvalue weighted by Gasteiger charge is 1.99. The van der Waals surface area contributed by atoms with Crippen molar-refractivity contribution in [3.05, 3.63) is 48.5 Å². The number of hydrogen-bond donors (Lipinski definition) is 0. The highest BCUT2D eigenvalue weighted by atomic mass is 33.1. The molecule has 0 aromatic carbocycles. The molecule has 0 amide bonds. The smallest absolute Gasteiger partial charge is 0.141 e. The Morgan fingerprint density at radius 2 is 1.73 bits per heavy atom. The molecule has 0 aliphatic heterocycles. The molecule has 0 spiro atoms. The number of aromatic nitrogens is 2. The summed E-state index contributed by atoms with van der Waals surface area (Å²) in [6.07, 6.45) is 2.95. The molecule has 0 bridgehead atoms. The molecule has 15 heavy (non-hydrogen) atoms. The van der Waals surface area contributed by atoms with Crippen molar-refractivity contribution in [3.63, 3.8) is 0 Å². The first kappa shape index (κ1) is 10.4. The normalized spacial score (nSPS) is 10.2. The fourth-order valence-corrected chi connectivity index (χ4v) is 2.63. The van der Waals surface area contributed by atoms with E-state index in [2.05, 4.69) is 9.97 Å². The lowest BCUT2D eigenvalue weighted by Crippen LogP contribution is -1.79. The predicted molar refractivity (Wildman–Crippen MR) is 60.1 cm³/mol. The molecule has 0 atom stereocenters. The Balaban J connectivity index is 1.96. The van der Waals surface area contributed by atoms with Crippen LogP contribution in [0, 0.1) is 5.82 Å². The Labute approximate surface area is 94.7 Å². The number of hydrogen-bond acceptors (Lipinski definition) is 4. The van der Waals surface area contributed by atoms with E-state index in [-0.39, 0.29) is 5.82 Å². The van der Waals surface area contributed by atoms with Crippen molar-refractivity contribution in [2.75, 3.05) is 0 Å². The molecule has 2 aromatic rings. The summed E-state index contributed by atoms with van der Waals surface area (Å²) < 4.78 is 12.6. The van der Waals surface area contributed by atoms with Gasteiger partial charge in [0.05, 0.1) is 6.20 Å². The van der Waals surface area contributed by atoms with E-state index in [0.717, 1.165) is 10.1 Å². The van der Waals surface area contributed by atoms with Crippen molar-refractivity contribution in [1.29, 1.82) is 0 Å².